The molecule has 2 aromatic rings. The molecule has 0 aliphatic rings. The van der Waals surface area contributed by atoms with Gasteiger partial charge in [-0.3, -0.25) is 4.79 Å². The Morgan fingerprint density at radius 1 is 1.09 bits per heavy atom. The van der Waals surface area contributed by atoms with Gasteiger partial charge in [0, 0.05) is 5.69 Å². The predicted molar refractivity (Wildman–Crippen MR) is 87.1 cm³/mol. The van der Waals surface area contributed by atoms with Crippen molar-refractivity contribution in [3.8, 4) is 5.75 Å². The quantitative estimate of drug-likeness (QED) is 0.916. The van der Waals surface area contributed by atoms with Crippen molar-refractivity contribution in [1.29, 1.82) is 0 Å². The number of aryl methyl sites for hydroxylation is 1. The summed E-state index contributed by atoms with van der Waals surface area (Å²) in [5.41, 5.74) is 2.29. The summed E-state index contributed by atoms with van der Waals surface area (Å²) in [6, 6.07) is 13.1. The average molecular weight is 298 g/mol. The number of nitrogens with one attached hydrogen (secondary N) is 1. The van der Waals surface area contributed by atoms with Crippen molar-refractivity contribution >= 4 is 5.91 Å². The third-order valence-corrected chi connectivity index (χ3v) is 3.22. The summed E-state index contributed by atoms with van der Waals surface area (Å²) in [6.07, 6.45) is 0.148. The second kappa shape index (κ2) is 7.07. The monoisotopic (exact) mass is 298 g/mol. The van der Waals surface area contributed by atoms with Gasteiger partial charge in [0.15, 0.2) is 0 Å². The number of rotatable bonds is 5. The van der Waals surface area contributed by atoms with Gasteiger partial charge < -0.3 is 10.1 Å². The van der Waals surface area contributed by atoms with Crippen molar-refractivity contribution in [2.24, 2.45) is 0 Å². The third kappa shape index (κ3) is 4.32. The summed E-state index contributed by atoms with van der Waals surface area (Å²) in [4.78, 5) is 16.4. The van der Waals surface area contributed by atoms with Gasteiger partial charge in [-0.25, -0.2) is 4.98 Å². The molecule has 22 heavy (non-hydrogen) atoms. The maximum Gasteiger partial charge on any atom is 0.270 e. The molecule has 1 aromatic carbocycles. The molecule has 0 spiro atoms. The van der Waals surface area contributed by atoms with Crippen LogP contribution in [0.4, 0.5) is 0 Å². The Labute approximate surface area is 131 Å². The van der Waals surface area contributed by atoms with Crippen LogP contribution < -0.4 is 10.1 Å². The van der Waals surface area contributed by atoms with Crippen molar-refractivity contribution in [3.63, 3.8) is 0 Å². The first-order chi connectivity index (χ1) is 10.5. The molecule has 1 N–H and O–H groups in total. The van der Waals surface area contributed by atoms with Crippen molar-refractivity contribution in [2.45, 2.75) is 39.8 Å². The second-order valence-corrected chi connectivity index (χ2v) is 5.59. The van der Waals surface area contributed by atoms with E-state index >= 15 is 0 Å². The zero-order valence-electron chi connectivity index (χ0n) is 13.5. The zero-order valence-corrected chi connectivity index (χ0v) is 13.5. The van der Waals surface area contributed by atoms with Crippen molar-refractivity contribution in [3.05, 3.63) is 59.4 Å². The first kappa shape index (κ1) is 16.0. The number of benzene rings is 1. The number of amides is 1. The standard InChI is InChI=1S/C18H22N2O2/c1-12(2)22-16-10-8-15(9-11-16)14(4)20-18(21)17-7-5-6-13(3)19-17/h5-12,14H,1-4H3,(H,20,21). The summed E-state index contributed by atoms with van der Waals surface area (Å²) >= 11 is 0. The van der Waals surface area contributed by atoms with E-state index in [1.54, 1.807) is 6.07 Å². The van der Waals surface area contributed by atoms with E-state index in [-0.39, 0.29) is 18.1 Å². The third-order valence-electron chi connectivity index (χ3n) is 3.22. The Morgan fingerprint density at radius 2 is 1.77 bits per heavy atom. The van der Waals surface area contributed by atoms with Crippen molar-refractivity contribution in [2.75, 3.05) is 0 Å². The minimum atomic E-state index is -0.168. The molecule has 1 atom stereocenters. The summed E-state index contributed by atoms with van der Waals surface area (Å²) in [5.74, 6) is 0.663. The van der Waals surface area contributed by atoms with Gasteiger partial charge in [0.1, 0.15) is 11.4 Å². The van der Waals surface area contributed by atoms with Crippen LogP contribution >= 0.6 is 0 Å². The van der Waals surface area contributed by atoms with E-state index in [4.69, 9.17) is 4.74 Å². The minimum absolute atomic E-state index is 0.0945. The number of carbonyl (C=O) groups is 1. The van der Waals surface area contributed by atoms with Crippen molar-refractivity contribution < 1.29 is 9.53 Å². The number of aromatic nitrogens is 1. The maximum atomic E-state index is 12.2. The summed E-state index contributed by atoms with van der Waals surface area (Å²) < 4.78 is 5.62. The molecule has 0 aliphatic heterocycles. The molecule has 0 saturated carbocycles. The summed E-state index contributed by atoms with van der Waals surface area (Å²) in [7, 11) is 0. The topological polar surface area (TPSA) is 51.2 Å². The van der Waals surface area contributed by atoms with Crippen LogP contribution in [0.2, 0.25) is 0 Å². The minimum Gasteiger partial charge on any atom is -0.491 e. The van der Waals surface area contributed by atoms with E-state index < -0.39 is 0 Å². The smallest absolute Gasteiger partial charge is 0.270 e. The molecular weight excluding hydrogens is 276 g/mol. The lowest BCUT2D eigenvalue weighted by Gasteiger charge is -2.15. The molecule has 1 unspecified atom stereocenters. The molecule has 2 rings (SSSR count). The van der Waals surface area contributed by atoms with E-state index in [0.29, 0.717) is 5.69 Å². The maximum absolute atomic E-state index is 12.2. The van der Waals surface area contributed by atoms with Crippen LogP contribution in [0.1, 0.15) is 48.6 Å². The number of hydrogen-bond donors (Lipinski definition) is 1. The average Bonchev–Trinajstić information content (AvgIpc) is 2.47. The van der Waals surface area contributed by atoms with Gasteiger partial charge >= 0.3 is 0 Å². The molecule has 4 heteroatoms. The van der Waals surface area contributed by atoms with Gasteiger partial charge in [-0.15, -0.1) is 0 Å². The molecule has 0 aliphatic carbocycles. The lowest BCUT2D eigenvalue weighted by atomic mass is 10.1. The first-order valence-corrected chi connectivity index (χ1v) is 7.47. The number of hydrogen-bond acceptors (Lipinski definition) is 3. The SMILES string of the molecule is Cc1cccc(C(=O)NC(C)c2ccc(OC(C)C)cc2)n1. The van der Waals surface area contributed by atoms with E-state index in [1.165, 1.54) is 0 Å². The highest BCUT2D eigenvalue weighted by molar-refractivity contribution is 5.92. The van der Waals surface area contributed by atoms with Crippen LogP contribution in [0.5, 0.6) is 5.75 Å². The Balaban J connectivity index is 2.02. The zero-order chi connectivity index (χ0) is 16.1. The summed E-state index contributed by atoms with van der Waals surface area (Å²) in [5, 5.41) is 2.96. The lowest BCUT2D eigenvalue weighted by molar-refractivity contribution is 0.0934. The van der Waals surface area contributed by atoms with E-state index in [0.717, 1.165) is 17.0 Å². The van der Waals surface area contributed by atoms with Crippen LogP contribution in [0.15, 0.2) is 42.5 Å². The highest BCUT2D eigenvalue weighted by atomic mass is 16.5. The largest absolute Gasteiger partial charge is 0.491 e. The van der Waals surface area contributed by atoms with E-state index in [9.17, 15) is 4.79 Å². The molecule has 1 heterocycles. The molecule has 0 saturated heterocycles. The number of nitrogens with zero attached hydrogens (tertiary/aromatic N) is 1. The lowest BCUT2D eigenvalue weighted by Crippen LogP contribution is -2.27. The van der Waals surface area contributed by atoms with E-state index in [1.807, 2.05) is 64.1 Å². The van der Waals surface area contributed by atoms with Gasteiger partial charge in [-0.1, -0.05) is 18.2 Å². The molecule has 1 amide bonds. The van der Waals surface area contributed by atoms with Crippen LogP contribution in [0, 0.1) is 6.92 Å². The van der Waals surface area contributed by atoms with Crippen molar-refractivity contribution in [1.82, 2.24) is 10.3 Å². The molecule has 0 fully saturated rings. The molecule has 116 valence electrons. The van der Waals surface area contributed by atoms with Gasteiger partial charge in [-0.2, -0.15) is 0 Å². The molecule has 0 radical (unpaired) electrons. The Bertz CT molecular complexity index is 636. The van der Waals surface area contributed by atoms with Crippen LogP contribution in [-0.4, -0.2) is 17.0 Å². The second-order valence-electron chi connectivity index (χ2n) is 5.59. The van der Waals surface area contributed by atoms with Gasteiger partial charge in [0.25, 0.3) is 5.91 Å². The Kier molecular flexibility index (Phi) is 5.15. The van der Waals surface area contributed by atoms with Gasteiger partial charge in [0.2, 0.25) is 0 Å². The molecule has 0 bridgehead atoms. The Hall–Kier alpha value is -2.36. The fourth-order valence-electron chi connectivity index (χ4n) is 2.13. The molecular formula is C18H22N2O2. The van der Waals surface area contributed by atoms with Crippen LogP contribution in [0.25, 0.3) is 0 Å². The molecule has 1 aromatic heterocycles. The highest BCUT2D eigenvalue weighted by Gasteiger charge is 2.12. The number of carbonyl (C=O) groups excluding carboxylic acids is 1. The normalized spacial score (nSPS) is 12.0. The highest BCUT2D eigenvalue weighted by Crippen LogP contribution is 2.18. The van der Waals surface area contributed by atoms with Crippen LogP contribution in [0.3, 0.4) is 0 Å². The number of pyridine rings is 1. The van der Waals surface area contributed by atoms with Crippen LogP contribution in [-0.2, 0) is 0 Å². The summed E-state index contributed by atoms with van der Waals surface area (Å²) in [6.45, 7) is 7.80. The fraction of sp³-hybridized carbons (Fsp3) is 0.333. The predicted octanol–water partition coefficient (Wildman–Crippen LogP) is 3.67. The number of ether oxygens (including phenoxy) is 1. The van der Waals surface area contributed by atoms with Gasteiger partial charge in [-0.05, 0) is 57.5 Å². The fourth-order valence-corrected chi connectivity index (χ4v) is 2.13. The van der Waals surface area contributed by atoms with E-state index in [2.05, 4.69) is 10.3 Å². The Morgan fingerprint density at radius 3 is 2.36 bits per heavy atom. The first-order valence-electron chi connectivity index (χ1n) is 7.47. The van der Waals surface area contributed by atoms with Gasteiger partial charge in [0.05, 0.1) is 12.1 Å². The molecule has 4 nitrogen and oxygen atoms in total.